The van der Waals surface area contributed by atoms with Crippen molar-refractivity contribution in [1.82, 2.24) is 9.55 Å². The van der Waals surface area contributed by atoms with Crippen LogP contribution in [0.25, 0.3) is 11.3 Å². The number of hydrogen-bond donors (Lipinski definition) is 2. The number of halogens is 3. The van der Waals surface area contributed by atoms with Crippen molar-refractivity contribution >= 4 is 0 Å². The molecule has 152 valence electrons. The SMILES string of the molecule is C=CC.OC1CCC(C(O)C(F)(F)C2c3c(F)cccc3-c3cncn32)CC1. The Labute approximate surface area is 162 Å². The van der Waals surface area contributed by atoms with Crippen molar-refractivity contribution in [3.8, 4) is 11.3 Å². The normalized spacial score (nSPS) is 24.6. The van der Waals surface area contributed by atoms with Crippen LogP contribution < -0.4 is 0 Å². The summed E-state index contributed by atoms with van der Waals surface area (Å²) in [6.45, 7) is 5.25. The lowest BCUT2D eigenvalue weighted by Crippen LogP contribution is -2.47. The highest BCUT2D eigenvalue weighted by Crippen LogP contribution is 2.50. The standard InChI is InChI=1S/C18H19F3N2O2.C3H6/c19-13-3-1-2-12-14-8-22-9-23(14)16(15(12)13)18(20,21)17(25)10-4-6-11(24)7-5-10;1-3-2/h1-3,8-11,16-17,24-25H,4-7H2;3H,1H2,2H3. The number of benzene rings is 1. The number of imidazole rings is 1. The van der Waals surface area contributed by atoms with Gasteiger partial charge in [-0.2, -0.15) is 0 Å². The zero-order chi connectivity index (χ0) is 20.5. The Bertz CT molecular complexity index is 829. The highest BCUT2D eigenvalue weighted by atomic mass is 19.3. The lowest BCUT2D eigenvalue weighted by atomic mass is 9.79. The van der Waals surface area contributed by atoms with Crippen molar-refractivity contribution in [2.45, 2.75) is 56.8 Å². The van der Waals surface area contributed by atoms with Crippen LogP contribution in [-0.2, 0) is 0 Å². The molecule has 2 heterocycles. The largest absolute Gasteiger partial charge is 0.393 e. The molecule has 0 radical (unpaired) electrons. The molecule has 7 heteroatoms. The maximum atomic E-state index is 15.3. The van der Waals surface area contributed by atoms with Gasteiger partial charge >= 0.3 is 0 Å². The molecule has 0 amide bonds. The first-order valence-electron chi connectivity index (χ1n) is 9.44. The van der Waals surface area contributed by atoms with Crippen LogP contribution in [0.5, 0.6) is 0 Å². The Morgan fingerprint density at radius 1 is 1.29 bits per heavy atom. The average Bonchev–Trinajstić information content (AvgIpc) is 3.24. The van der Waals surface area contributed by atoms with Gasteiger partial charge in [0, 0.05) is 11.1 Å². The van der Waals surface area contributed by atoms with Gasteiger partial charge in [-0.05, 0) is 44.6 Å². The van der Waals surface area contributed by atoms with Gasteiger partial charge in [-0.1, -0.05) is 18.2 Å². The molecular formula is C21H25F3N2O2. The topological polar surface area (TPSA) is 58.3 Å². The fourth-order valence-corrected chi connectivity index (χ4v) is 4.17. The van der Waals surface area contributed by atoms with Crippen LogP contribution in [-0.4, -0.2) is 37.9 Å². The Morgan fingerprint density at radius 2 is 1.93 bits per heavy atom. The molecule has 0 bridgehead atoms. The van der Waals surface area contributed by atoms with Crippen molar-refractivity contribution in [2.75, 3.05) is 0 Å². The number of aromatic nitrogens is 2. The van der Waals surface area contributed by atoms with Crippen molar-refractivity contribution in [1.29, 1.82) is 0 Å². The van der Waals surface area contributed by atoms with Gasteiger partial charge in [-0.3, -0.25) is 0 Å². The molecule has 1 aliphatic carbocycles. The van der Waals surface area contributed by atoms with Crippen molar-refractivity contribution in [3.05, 3.63) is 54.8 Å². The van der Waals surface area contributed by atoms with Gasteiger partial charge in [0.1, 0.15) is 18.0 Å². The highest BCUT2D eigenvalue weighted by Gasteiger charge is 2.55. The number of alkyl halides is 2. The quantitative estimate of drug-likeness (QED) is 0.762. The van der Waals surface area contributed by atoms with Crippen molar-refractivity contribution in [3.63, 3.8) is 0 Å². The molecule has 2 aromatic rings. The van der Waals surface area contributed by atoms with E-state index in [-0.39, 0.29) is 5.56 Å². The van der Waals surface area contributed by atoms with Gasteiger partial charge in [-0.15, -0.1) is 6.58 Å². The summed E-state index contributed by atoms with van der Waals surface area (Å²) in [7, 11) is 0. The molecule has 0 saturated heterocycles. The monoisotopic (exact) mass is 394 g/mol. The third kappa shape index (κ3) is 3.49. The van der Waals surface area contributed by atoms with Crippen LogP contribution >= 0.6 is 0 Å². The maximum absolute atomic E-state index is 15.3. The number of nitrogens with zero attached hydrogens (tertiary/aromatic N) is 2. The van der Waals surface area contributed by atoms with Crippen LogP contribution in [0, 0.1) is 11.7 Å². The summed E-state index contributed by atoms with van der Waals surface area (Å²) in [5.74, 6) is -4.89. The summed E-state index contributed by atoms with van der Waals surface area (Å²) in [6.07, 6.45) is 3.46. The van der Waals surface area contributed by atoms with E-state index in [2.05, 4.69) is 11.6 Å². The molecule has 4 rings (SSSR count). The van der Waals surface area contributed by atoms with Crippen LogP contribution in [0.15, 0.2) is 43.4 Å². The minimum absolute atomic E-state index is 0.0974. The zero-order valence-electron chi connectivity index (χ0n) is 15.7. The van der Waals surface area contributed by atoms with E-state index in [4.69, 9.17) is 0 Å². The highest BCUT2D eigenvalue weighted by molar-refractivity contribution is 5.69. The first-order chi connectivity index (χ1) is 13.3. The van der Waals surface area contributed by atoms with Crippen molar-refractivity contribution < 1.29 is 23.4 Å². The Morgan fingerprint density at radius 3 is 2.57 bits per heavy atom. The van der Waals surface area contributed by atoms with E-state index in [0.717, 1.165) is 6.07 Å². The van der Waals surface area contributed by atoms with E-state index in [1.165, 1.54) is 23.2 Å². The summed E-state index contributed by atoms with van der Waals surface area (Å²) in [6, 6.07) is 2.60. The molecular weight excluding hydrogens is 369 g/mol. The van der Waals surface area contributed by atoms with Crippen LogP contribution in [0.4, 0.5) is 13.2 Å². The van der Waals surface area contributed by atoms with Gasteiger partial charge in [0.25, 0.3) is 5.92 Å². The predicted molar refractivity (Wildman–Crippen MR) is 101 cm³/mol. The first kappa shape index (κ1) is 20.6. The number of hydrogen-bond acceptors (Lipinski definition) is 3. The minimum Gasteiger partial charge on any atom is -0.393 e. The van der Waals surface area contributed by atoms with Crippen LogP contribution in [0.2, 0.25) is 0 Å². The summed E-state index contributed by atoms with van der Waals surface area (Å²) >= 11 is 0. The molecule has 1 fully saturated rings. The second-order valence-electron chi connectivity index (χ2n) is 7.39. The minimum atomic E-state index is -3.56. The van der Waals surface area contributed by atoms with Gasteiger partial charge in [0.2, 0.25) is 0 Å². The summed E-state index contributed by atoms with van der Waals surface area (Å²) in [5.41, 5.74) is 0.707. The fraction of sp³-hybridized carbons (Fsp3) is 0.476. The fourth-order valence-electron chi connectivity index (χ4n) is 4.17. The molecule has 1 saturated carbocycles. The van der Waals surface area contributed by atoms with E-state index < -0.39 is 35.9 Å². The molecule has 1 aromatic heterocycles. The Kier molecular flexibility index (Phi) is 5.95. The first-order valence-corrected chi connectivity index (χ1v) is 9.44. The molecule has 2 unspecified atom stereocenters. The predicted octanol–water partition coefficient (Wildman–Crippen LogP) is 4.33. The molecule has 0 spiro atoms. The lowest BCUT2D eigenvalue weighted by molar-refractivity contribution is -0.159. The van der Waals surface area contributed by atoms with Crippen LogP contribution in [0.1, 0.15) is 44.2 Å². The van der Waals surface area contributed by atoms with Gasteiger partial charge in [0.15, 0.2) is 0 Å². The van der Waals surface area contributed by atoms with E-state index in [1.807, 2.05) is 6.92 Å². The van der Waals surface area contributed by atoms with E-state index in [9.17, 15) is 14.6 Å². The smallest absolute Gasteiger partial charge is 0.298 e. The number of aliphatic hydroxyl groups excluding tert-OH is 2. The molecule has 4 nitrogen and oxygen atoms in total. The number of rotatable bonds is 3. The summed E-state index contributed by atoms with van der Waals surface area (Å²) < 4.78 is 46.2. The third-order valence-electron chi connectivity index (χ3n) is 5.49. The molecule has 2 N–H and O–H groups in total. The molecule has 2 aliphatic rings. The van der Waals surface area contributed by atoms with E-state index in [0.29, 0.717) is 36.9 Å². The number of fused-ring (bicyclic) bond motifs is 3. The van der Waals surface area contributed by atoms with Gasteiger partial charge < -0.3 is 14.8 Å². The Hall–Kier alpha value is -2.12. The molecule has 1 aliphatic heterocycles. The van der Waals surface area contributed by atoms with E-state index >= 15 is 8.78 Å². The second-order valence-corrected chi connectivity index (χ2v) is 7.39. The average molecular weight is 394 g/mol. The molecule has 2 atom stereocenters. The maximum Gasteiger partial charge on any atom is 0.298 e. The third-order valence-corrected chi connectivity index (χ3v) is 5.49. The summed E-state index contributed by atoms with van der Waals surface area (Å²) in [4.78, 5) is 3.91. The van der Waals surface area contributed by atoms with Crippen LogP contribution in [0.3, 0.4) is 0 Å². The Balaban J connectivity index is 0.000000706. The molecule has 1 aromatic carbocycles. The van der Waals surface area contributed by atoms with Gasteiger partial charge in [0.05, 0.1) is 24.3 Å². The molecule has 28 heavy (non-hydrogen) atoms. The number of aliphatic hydroxyl groups is 2. The van der Waals surface area contributed by atoms with Gasteiger partial charge in [-0.25, -0.2) is 18.2 Å². The van der Waals surface area contributed by atoms with E-state index in [1.54, 1.807) is 12.1 Å². The zero-order valence-corrected chi connectivity index (χ0v) is 15.7. The lowest BCUT2D eigenvalue weighted by Gasteiger charge is -2.36. The van der Waals surface area contributed by atoms with Crippen molar-refractivity contribution in [2.24, 2.45) is 5.92 Å². The number of allylic oxidation sites excluding steroid dienone is 1. The summed E-state index contributed by atoms with van der Waals surface area (Å²) in [5, 5.41) is 20.0. The second kappa shape index (κ2) is 8.09.